The normalized spacial score (nSPS) is 18.9. The van der Waals surface area contributed by atoms with E-state index in [1.165, 1.54) is 0 Å². The minimum absolute atomic E-state index is 0.0582. The standard InChI is InChI=1S/C14H19F2N/c1-10-4-5-11(8-12(10)13(15)16)14(9-17)6-2-3-7-14/h4-5,8,13H,2-3,6-7,9,17H2,1H3. The first-order chi connectivity index (χ1) is 8.09. The Morgan fingerprint density at radius 2 is 1.94 bits per heavy atom. The van der Waals surface area contributed by atoms with E-state index in [9.17, 15) is 8.78 Å². The molecule has 2 rings (SSSR count). The van der Waals surface area contributed by atoms with Crippen molar-refractivity contribution in [1.29, 1.82) is 0 Å². The van der Waals surface area contributed by atoms with Gasteiger partial charge in [0.05, 0.1) is 0 Å². The molecule has 17 heavy (non-hydrogen) atoms. The van der Waals surface area contributed by atoms with E-state index in [1.54, 1.807) is 19.1 Å². The lowest BCUT2D eigenvalue weighted by molar-refractivity contribution is 0.150. The molecule has 0 heterocycles. The Hall–Kier alpha value is -0.960. The summed E-state index contributed by atoms with van der Waals surface area (Å²) in [5.74, 6) is 0. The van der Waals surface area contributed by atoms with Gasteiger partial charge in [0, 0.05) is 17.5 Å². The van der Waals surface area contributed by atoms with Crippen LogP contribution >= 0.6 is 0 Å². The van der Waals surface area contributed by atoms with E-state index in [1.807, 2.05) is 6.07 Å². The lowest BCUT2D eigenvalue weighted by Gasteiger charge is -2.28. The Kier molecular flexibility index (Phi) is 3.48. The van der Waals surface area contributed by atoms with Crippen LogP contribution in [0.1, 0.15) is 48.8 Å². The molecule has 94 valence electrons. The van der Waals surface area contributed by atoms with E-state index < -0.39 is 6.43 Å². The van der Waals surface area contributed by atoms with Gasteiger partial charge in [-0.05, 0) is 37.0 Å². The highest BCUT2D eigenvalue weighted by molar-refractivity contribution is 5.37. The summed E-state index contributed by atoms with van der Waals surface area (Å²) in [6.07, 6.45) is 1.94. The Morgan fingerprint density at radius 1 is 1.29 bits per heavy atom. The molecule has 1 aliphatic rings. The molecule has 1 aliphatic carbocycles. The number of hydrogen-bond donors (Lipinski definition) is 1. The van der Waals surface area contributed by atoms with Gasteiger partial charge < -0.3 is 5.73 Å². The van der Waals surface area contributed by atoms with Crippen molar-refractivity contribution >= 4 is 0 Å². The van der Waals surface area contributed by atoms with Crippen LogP contribution in [-0.4, -0.2) is 6.54 Å². The van der Waals surface area contributed by atoms with Crippen molar-refractivity contribution in [1.82, 2.24) is 0 Å². The van der Waals surface area contributed by atoms with E-state index in [-0.39, 0.29) is 11.0 Å². The van der Waals surface area contributed by atoms with E-state index in [2.05, 4.69) is 0 Å². The zero-order valence-electron chi connectivity index (χ0n) is 10.2. The molecule has 0 bridgehead atoms. The van der Waals surface area contributed by atoms with Crippen LogP contribution in [0, 0.1) is 6.92 Å². The van der Waals surface area contributed by atoms with Crippen LogP contribution < -0.4 is 5.73 Å². The SMILES string of the molecule is Cc1ccc(C2(CN)CCCC2)cc1C(F)F. The molecule has 0 saturated heterocycles. The molecule has 1 saturated carbocycles. The van der Waals surface area contributed by atoms with Crippen LogP contribution in [0.15, 0.2) is 18.2 Å². The smallest absolute Gasteiger partial charge is 0.264 e. The predicted octanol–water partition coefficient (Wildman–Crippen LogP) is 3.70. The highest BCUT2D eigenvalue weighted by Gasteiger charge is 2.34. The number of halogens is 2. The molecule has 3 heteroatoms. The highest BCUT2D eigenvalue weighted by Crippen LogP contribution is 2.41. The third kappa shape index (κ3) is 2.21. The fourth-order valence-electron chi connectivity index (χ4n) is 2.87. The van der Waals surface area contributed by atoms with Gasteiger partial charge in [0.15, 0.2) is 0 Å². The summed E-state index contributed by atoms with van der Waals surface area (Å²) in [6, 6.07) is 5.43. The Bertz CT molecular complexity index is 395. The number of nitrogens with two attached hydrogens (primary N) is 1. The number of aryl methyl sites for hydroxylation is 1. The van der Waals surface area contributed by atoms with Gasteiger partial charge in [0.1, 0.15) is 0 Å². The summed E-state index contributed by atoms with van der Waals surface area (Å²) < 4.78 is 25.8. The molecule has 0 radical (unpaired) electrons. The maximum atomic E-state index is 12.9. The second-order valence-corrected chi connectivity index (χ2v) is 5.06. The van der Waals surface area contributed by atoms with Gasteiger partial charge in [-0.1, -0.05) is 25.0 Å². The molecule has 0 aromatic heterocycles. The maximum Gasteiger partial charge on any atom is 0.264 e. The van der Waals surface area contributed by atoms with Gasteiger partial charge in [-0.25, -0.2) is 8.78 Å². The summed E-state index contributed by atoms with van der Waals surface area (Å²) in [5, 5.41) is 0. The minimum atomic E-state index is -2.40. The lowest BCUT2D eigenvalue weighted by Crippen LogP contribution is -2.32. The fourth-order valence-corrected chi connectivity index (χ4v) is 2.87. The minimum Gasteiger partial charge on any atom is -0.330 e. The van der Waals surface area contributed by atoms with Crippen LogP contribution in [0.2, 0.25) is 0 Å². The van der Waals surface area contributed by atoms with E-state index in [0.717, 1.165) is 31.2 Å². The Morgan fingerprint density at radius 3 is 2.47 bits per heavy atom. The maximum absolute atomic E-state index is 12.9. The van der Waals surface area contributed by atoms with Crippen LogP contribution in [-0.2, 0) is 5.41 Å². The van der Waals surface area contributed by atoms with Gasteiger partial charge in [-0.15, -0.1) is 0 Å². The first kappa shape index (κ1) is 12.5. The summed E-state index contributed by atoms with van der Waals surface area (Å²) in [6.45, 7) is 2.29. The molecule has 1 aromatic carbocycles. The second kappa shape index (κ2) is 4.73. The zero-order chi connectivity index (χ0) is 12.5. The van der Waals surface area contributed by atoms with Crippen molar-refractivity contribution < 1.29 is 8.78 Å². The molecule has 1 fully saturated rings. The van der Waals surface area contributed by atoms with E-state index >= 15 is 0 Å². The zero-order valence-corrected chi connectivity index (χ0v) is 10.2. The van der Waals surface area contributed by atoms with Crippen LogP contribution in [0.25, 0.3) is 0 Å². The van der Waals surface area contributed by atoms with Crippen molar-refractivity contribution in [3.63, 3.8) is 0 Å². The van der Waals surface area contributed by atoms with Crippen molar-refractivity contribution in [3.8, 4) is 0 Å². The number of hydrogen-bond acceptors (Lipinski definition) is 1. The molecular formula is C14H19F2N. The number of benzene rings is 1. The first-order valence-corrected chi connectivity index (χ1v) is 6.18. The second-order valence-electron chi connectivity index (χ2n) is 5.06. The van der Waals surface area contributed by atoms with E-state index in [4.69, 9.17) is 5.73 Å². The third-order valence-electron chi connectivity index (χ3n) is 4.08. The van der Waals surface area contributed by atoms with Crippen LogP contribution in [0.5, 0.6) is 0 Å². The molecule has 1 aromatic rings. The predicted molar refractivity (Wildman–Crippen MR) is 65.3 cm³/mol. The summed E-state index contributed by atoms with van der Waals surface area (Å²) in [5.41, 5.74) is 7.63. The van der Waals surface area contributed by atoms with Gasteiger partial charge in [0.25, 0.3) is 6.43 Å². The van der Waals surface area contributed by atoms with Gasteiger partial charge >= 0.3 is 0 Å². The summed E-state index contributed by atoms with van der Waals surface area (Å²) in [4.78, 5) is 0. The quantitative estimate of drug-likeness (QED) is 0.855. The van der Waals surface area contributed by atoms with Crippen LogP contribution in [0.4, 0.5) is 8.78 Å². The van der Waals surface area contributed by atoms with Gasteiger partial charge in [-0.3, -0.25) is 0 Å². The molecular weight excluding hydrogens is 220 g/mol. The monoisotopic (exact) mass is 239 g/mol. The van der Waals surface area contributed by atoms with Crippen LogP contribution in [0.3, 0.4) is 0 Å². The number of rotatable bonds is 3. The summed E-state index contributed by atoms with van der Waals surface area (Å²) in [7, 11) is 0. The molecule has 0 amide bonds. The van der Waals surface area contributed by atoms with Gasteiger partial charge in [0.2, 0.25) is 0 Å². The number of alkyl halides is 2. The van der Waals surface area contributed by atoms with Crippen molar-refractivity contribution in [2.24, 2.45) is 5.73 Å². The van der Waals surface area contributed by atoms with Gasteiger partial charge in [-0.2, -0.15) is 0 Å². The molecule has 2 N–H and O–H groups in total. The summed E-state index contributed by atoms with van der Waals surface area (Å²) >= 11 is 0. The third-order valence-corrected chi connectivity index (χ3v) is 4.08. The fraction of sp³-hybridized carbons (Fsp3) is 0.571. The first-order valence-electron chi connectivity index (χ1n) is 6.18. The highest BCUT2D eigenvalue weighted by atomic mass is 19.3. The average molecular weight is 239 g/mol. The molecule has 0 aliphatic heterocycles. The largest absolute Gasteiger partial charge is 0.330 e. The molecule has 1 nitrogen and oxygen atoms in total. The van der Waals surface area contributed by atoms with Crippen molar-refractivity contribution in [2.75, 3.05) is 6.54 Å². The Labute approximate surface area is 101 Å². The lowest BCUT2D eigenvalue weighted by atomic mass is 9.78. The topological polar surface area (TPSA) is 26.0 Å². The molecule has 0 unspecified atom stereocenters. The van der Waals surface area contributed by atoms with Crippen molar-refractivity contribution in [3.05, 3.63) is 34.9 Å². The van der Waals surface area contributed by atoms with E-state index in [0.29, 0.717) is 12.1 Å². The Balaban J connectivity index is 2.41. The molecule has 0 spiro atoms. The molecule has 0 atom stereocenters. The van der Waals surface area contributed by atoms with Crippen molar-refractivity contribution in [2.45, 2.75) is 44.4 Å². The average Bonchev–Trinajstić information content (AvgIpc) is 2.79.